The molecule has 0 unspecified atom stereocenters. The molecule has 228 valence electrons. The average Bonchev–Trinajstić information content (AvgIpc) is 3.57. The van der Waals surface area contributed by atoms with Crippen LogP contribution in [0.4, 0.5) is 4.39 Å². The fraction of sp³-hybridized carbons (Fsp3) is 0.467. The number of ketones is 1. The van der Waals surface area contributed by atoms with Crippen LogP contribution in [-0.2, 0) is 21.6 Å². The van der Waals surface area contributed by atoms with E-state index < -0.39 is 28.7 Å². The number of hydrogen-bond acceptors (Lipinski definition) is 8. The zero-order valence-corrected chi connectivity index (χ0v) is 26.1. The molecular formula is C30H35FN6O5S. The van der Waals surface area contributed by atoms with Crippen molar-refractivity contribution in [1.29, 1.82) is 0 Å². The van der Waals surface area contributed by atoms with Crippen LogP contribution in [0, 0.1) is 25.2 Å². The molecule has 0 aliphatic heterocycles. The van der Waals surface area contributed by atoms with Gasteiger partial charge in [0.15, 0.2) is 5.78 Å². The van der Waals surface area contributed by atoms with Crippen molar-refractivity contribution in [1.82, 2.24) is 24.1 Å². The molecule has 0 N–H and O–H groups in total. The summed E-state index contributed by atoms with van der Waals surface area (Å²) in [5.41, 5.74) is -1.93. The van der Waals surface area contributed by atoms with E-state index in [0.717, 1.165) is 15.9 Å². The Labute approximate surface area is 252 Å². The number of aromatic nitrogens is 5. The normalized spacial score (nSPS) is 12.7. The Morgan fingerprint density at radius 1 is 1.16 bits per heavy atom. The number of hydrogen-bond donors (Lipinski definition) is 0. The monoisotopic (exact) mass is 610 g/mol. The van der Waals surface area contributed by atoms with Crippen LogP contribution < -0.4 is 16.0 Å². The van der Waals surface area contributed by atoms with E-state index in [2.05, 4.69) is 15.0 Å². The van der Waals surface area contributed by atoms with Gasteiger partial charge in [-0.15, -0.1) is 4.80 Å². The van der Waals surface area contributed by atoms with Gasteiger partial charge in [-0.3, -0.25) is 19.0 Å². The van der Waals surface area contributed by atoms with Crippen molar-refractivity contribution in [3.8, 4) is 10.8 Å². The summed E-state index contributed by atoms with van der Waals surface area (Å²) in [6.45, 7) is 19.0. The molecule has 13 heteroatoms. The number of carbonyl (C=O) groups excluding carboxylic acids is 1. The van der Waals surface area contributed by atoms with Crippen molar-refractivity contribution in [2.24, 2.45) is 5.92 Å². The number of nitrogens with zero attached hydrogens (tertiary/aromatic N) is 6. The molecule has 0 aliphatic rings. The highest BCUT2D eigenvalue weighted by Crippen LogP contribution is 2.35. The number of fused-ring (bicyclic) bond motifs is 1. The molecule has 0 bridgehead atoms. The number of ether oxygens (including phenoxy) is 2. The molecule has 0 radical (unpaired) electrons. The number of thiophene rings is 1. The van der Waals surface area contributed by atoms with Gasteiger partial charge in [0.25, 0.3) is 5.56 Å². The molecule has 3 aromatic heterocycles. The number of rotatable bonds is 12. The van der Waals surface area contributed by atoms with E-state index in [1.807, 2.05) is 13.8 Å². The molecule has 0 fully saturated rings. The van der Waals surface area contributed by atoms with E-state index in [1.54, 1.807) is 34.6 Å². The molecule has 0 aliphatic carbocycles. The van der Waals surface area contributed by atoms with Crippen LogP contribution in [0.2, 0.25) is 0 Å². The molecule has 4 rings (SSSR count). The highest BCUT2D eigenvalue weighted by atomic mass is 32.1. The summed E-state index contributed by atoms with van der Waals surface area (Å²) in [6, 6.07) is 3.88. The lowest BCUT2D eigenvalue weighted by Crippen LogP contribution is -2.53. The zero-order valence-electron chi connectivity index (χ0n) is 25.3. The molecule has 0 spiro atoms. The minimum Gasteiger partial charge on any atom is -0.425 e. The van der Waals surface area contributed by atoms with Crippen LogP contribution in [0.25, 0.3) is 20.1 Å². The maximum atomic E-state index is 14.6. The third-order valence-corrected chi connectivity index (χ3v) is 8.29. The third-order valence-electron chi connectivity index (χ3n) is 7.01. The molecule has 0 saturated carbocycles. The smallest absolute Gasteiger partial charge is 0.357 e. The van der Waals surface area contributed by atoms with Gasteiger partial charge in [0.05, 0.1) is 30.4 Å². The summed E-state index contributed by atoms with van der Waals surface area (Å²) < 4.78 is 28.8. The molecule has 1 aromatic carbocycles. The summed E-state index contributed by atoms with van der Waals surface area (Å²) in [5.74, 6) is -0.565. The first-order valence-electron chi connectivity index (χ1n) is 13.9. The lowest BCUT2D eigenvalue weighted by molar-refractivity contribution is -0.127. The van der Waals surface area contributed by atoms with Crippen LogP contribution in [0.1, 0.15) is 65.2 Å². The first-order chi connectivity index (χ1) is 20.3. The number of halogens is 1. The summed E-state index contributed by atoms with van der Waals surface area (Å²) in [6.07, 6.45) is 1.91. The maximum Gasteiger partial charge on any atom is 0.357 e. The van der Waals surface area contributed by atoms with E-state index >= 15 is 0 Å². The van der Waals surface area contributed by atoms with Gasteiger partial charge in [-0.05, 0) is 58.7 Å². The number of benzene rings is 1. The zero-order chi connectivity index (χ0) is 31.6. The van der Waals surface area contributed by atoms with E-state index in [1.165, 1.54) is 40.0 Å². The summed E-state index contributed by atoms with van der Waals surface area (Å²) >= 11 is 1.15. The van der Waals surface area contributed by atoms with Crippen molar-refractivity contribution >= 4 is 27.3 Å². The lowest BCUT2D eigenvalue weighted by atomic mass is 9.91. The largest absolute Gasteiger partial charge is 0.425 e. The third kappa shape index (κ3) is 6.30. The Bertz CT molecular complexity index is 1800. The topological polar surface area (TPSA) is 115 Å². The Balaban J connectivity index is 2.04. The predicted molar refractivity (Wildman–Crippen MR) is 161 cm³/mol. The second-order valence-corrected chi connectivity index (χ2v) is 12.4. The first-order valence-corrected chi connectivity index (χ1v) is 14.7. The minimum atomic E-state index is -1.47. The van der Waals surface area contributed by atoms with Crippen molar-refractivity contribution in [2.45, 2.75) is 79.2 Å². The van der Waals surface area contributed by atoms with Crippen molar-refractivity contribution < 1.29 is 18.7 Å². The summed E-state index contributed by atoms with van der Waals surface area (Å²) in [5, 5.41) is 9.20. The quantitative estimate of drug-likeness (QED) is 0.207. The number of Topliss-reactive ketones (excluding diaryl/α,β-unsaturated/α-hetero) is 1. The molecular weight excluding hydrogens is 575 g/mol. The summed E-state index contributed by atoms with van der Waals surface area (Å²) in [4.78, 5) is 46.9. The van der Waals surface area contributed by atoms with Crippen molar-refractivity contribution in [3.05, 3.63) is 79.8 Å². The molecule has 43 heavy (non-hydrogen) atoms. The van der Waals surface area contributed by atoms with Gasteiger partial charge in [-0.2, -0.15) is 10.2 Å². The maximum absolute atomic E-state index is 14.6. The number of carbonyl (C=O) groups is 1. The Hall–Kier alpha value is -4.15. The predicted octanol–water partition coefficient (Wildman–Crippen LogP) is 5.03. The molecule has 1 atom stereocenters. The van der Waals surface area contributed by atoms with Gasteiger partial charge >= 0.3 is 12.4 Å². The van der Waals surface area contributed by atoms with E-state index in [-0.39, 0.29) is 48.6 Å². The van der Waals surface area contributed by atoms with Gasteiger partial charge < -0.3 is 9.47 Å². The van der Waals surface area contributed by atoms with Gasteiger partial charge in [0.2, 0.25) is 0 Å². The Morgan fingerprint density at radius 2 is 1.84 bits per heavy atom. The van der Waals surface area contributed by atoms with Crippen LogP contribution in [-0.4, -0.2) is 42.7 Å². The van der Waals surface area contributed by atoms with E-state index in [4.69, 9.17) is 16.0 Å². The summed E-state index contributed by atoms with van der Waals surface area (Å²) in [7, 11) is 0. The molecule has 0 amide bonds. The Morgan fingerprint density at radius 3 is 2.44 bits per heavy atom. The molecule has 4 aromatic rings. The van der Waals surface area contributed by atoms with Gasteiger partial charge in [0, 0.05) is 17.5 Å². The van der Waals surface area contributed by atoms with E-state index in [9.17, 15) is 18.8 Å². The van der Waals surface area contributed by atoms with Gasteiger partial charge in [-0.1, -0.05) is 25.2 Å². The highest BCUT2D eigenvalue weighted by Gasteiger charge is 2.36. The van der Waals surface area contributed by atoms with Crippen LogP contribution in [0.3, 0.4) is 0 Å². The van der Waals surface area contributed by atoms with Crippen LogP contribution in [0.15, 0.2) is 40.2 Å². The molecule has 3 heterocycles. The Kier molecular flexibility index (Phi) is 9.32. The number of aryl methyl sites for hydroxylation is 1. The molecule has 11 nitrogen and oxygen atoms in total. The van der Waals surface area contributed by atoms with Crippen molar-refractivity contribution in [3.63, 3.8) is 0 Å². The van der Waals surface area contributed by atoms with Gasteiger partial charge in [-0.25, -0.2) is 20.3 Å². The molecule has 0 saturated heterocycles. The van der Waals surface area contributed by atoms with Crippen molar-refractivity contribution in [2.75, 3.05) is 6.73 Å². The van der Waals surface area contributed by atoms with Crippen LogP contribution >= 0.6 is 11.3 Å². The fourth-order valence-electron chi connectivity index (χ4n) is 4.96. The fourth-order valence-corrected chi connectivity index (χ4v) is 6.18. The van der Waals surface area contributed by atoms with Crippen LogP contribution in [0.5, 0.6) is 5.75 Å². The first kappa shape index (κ1) is 31.8. The second-order valence-electron chi connectivity index (χ2n) is 11.4. The average molecular weight is 611 g/mol. The lowest BCUT2D eigenvalue weighted by Gasteiger charge is -2.28. The standard InChI is InChI=1S/C30H35FN6O5S/c1-17(2)13-24(38)30(6,7)36-26(39)25-19(5)27(37-33-11-12-34-37)43-28(25)35(29(36)40)15-23(42-18(3)4)21-14-20(31)9-10-22(21)41-16-32-8/h9-12,14,17-18,23H,13,15-16H2,1-7H3/t23-/m0/s1. The minimum absolute atomic E-state index is 0.0134. The highest BCUT2D eigenvalue weighted by molar-refractivity contribution is 7.21. The van der Waals surface area contributed by atoms with E-state index in [0.29, 0.717) is 21.0 Å². The SMILES string of the molecule is [C-]#[N+]COc1ccc(F)cc1[C@H](Cn1c(=O)n(C(C)(C)C(=O)CC(C)C)c(=O)c2c(C)c(-n3nccn3)sc21)OC(C)C. The second kappa shape index (κ2) is 12.6. The van der Waals surface area contributed by atoms with Gasteiger partial charge in [0.1, 0.15) is 33.0 Å².